The van der Waals surface area contributed by atoms with Gasteiger partial charge in [-0.3, -0.25) is 0 Å². The Morgan fingerprint density at radius 2 is 2.11 bits per heavy atom. The molecule has 102 valence electrons. The van der Waals surface area contributed by atoms with Crippen molar-refractivity contribution in [3.05, 3.63) is 24.0 Å². The van der Waals surface area contributed by atoms with E-state index < -0.39 is 21.4 Å². The van der Waals surface area contributed by atoms with Crippen molar-refractivity contribution in [2.45, 2.75) is 30.7 Å². The number of aliphatic hydroxyl groups is 1. The average molecular weight is 276 g/mol. The molecule has 0 spiro atoms. The molecular weight excluding hydrogens is 259 g/mol. The van der Waals surface area contributed by atoms with E-state index in [9.17, 15) is 17.9 Å². The van der Waals surface area contributed by atoms with Crippen LogP contribution in [-0.2, 0) is 10.0 Å². The Bertz CT molecular complexity index is 527. The molecule has 0 amide bonds. The highest BCUT2D eigenvalue weighted by atomic mass is 32.2. The van der Waals surface area contributed by atoms with Gasteiger partial charge in [0.1, 0.15) is 10.7 Å². The minimum absolute atomic E-state index is 0.168. The minimum atomic E-state index is -3.89. The van der Waals surface area contributed by atoms with Crippen molar-refractivity contribution >= 4 is 15.7 Å². The van der Waals surface area contributed by atoms with Crippen LogP contribution in [-0.4, -0.2) is 25.7 Å². The summed E-state index contributed by atoms with van der Waals surface area (Å²) in [4.78, 5) is -0.197. The highest BCUT2D eigenvalue weighted by molar-refractivity contribution is 7.89. The fourth-order valence-electron chi connectivity index (χ4n) is 1.36. The summed E-state index contributed by atoms with van der Waals surface area (Å²) in [5.41, 5.74) is 4.35. The molecule has 18 heavy (non-hydrogen) atoms. The van der Waals surface area contributed by atoms with Gasteiger partial charge in [0.15, 0.2) is 0 Å². The lowest BCUT2D eigenvalue weighted by Crippen LogP contribution is -2.48. The number of halogens is 1. The lowest BCUT2D eigenvalue weighted by molar-refractivity contribution is 0.191. The van der Waals surface area contributed by atoms with E-state index in [1.165, 1.54) is 0 Å². The van der Waals surface area contributed by atoms with Crippen molar-refractivity contribution in [1.29, 1.82) is 0 Å². The van der Waals surface area contributed by atoms with E-state index in [4.69, 9.17) is 5.73 Å². The molecule has 1 atom stereocenters. The molecule has 5 nitrogen and oxygen atoms in total. The SMILES string of the molecule is CCC(C)(CO)NS(=O)(=O)c1ccc(F)cc1N. The summed E-state index contributed by atoms with van der Waals surface area (Å²) in [6, 6.07) is 3.06. The standard InChI is InChI=1S/C11H17FN2O3S/c1-3-11(2,7-15)14-18(16,17)10-5-4-8(12)6-9(10)13/h4-6,14-15H,3,7,13H2,1-2H3. The minimum Gasteiger partial charge on any atom is -0.398 e. The second kappa shape index (κ2) is 5.21. The Morgan fingerprint density at radius 1 is 1.50 bits per heavy atom. The molecule has 7 heteroatoms. The lowest BCUT2D eigenvalue weighted by Gasteiger charge is -2.27. The Labute approximate surface area is 106 Å². The van der Waals surface area contributed by atoms with Crippen LogP contribution in [0.4, 0.5) is 10.1 Å². The maximum atomic E-state index is 12.9. The summed E-state index contributed by atoms with van der Waals surface area (Å²) < 4.78 is 39.4. The van der Waals surface area contributed by atoms with E-state index in [-0.39, 0.29) is 17.2 Å². The van der Waals surface area contributed by atoms with Gasteiger partial charge in [-0.25, -0.2) is 17.5 Å². The van der Waals surface area contributed by atoms with Gasteiger partial charge in [0.05, 0.1) is 17.8 Å². The van der Waals surface area contributed by atoms with E-state index in [0.717, 1.165) is 18.2 Å². The third-order valence-corrected chi connectivity index (χ3v) is 4.48. The second-order valence-electron chi connectivity index (χ2n) is 4.36. The number of nitrogen functional groups attached to an aromatic ring is 1. The maximum absolute atomic E-state index is 12.9. The van der Waals surface area contributed by atoms with Gasteiger partial charge in [0.25, 0.3) is 0 Å². The van der Waals surface area contributed by atoms with Crippen LogP contribution >= 0.6 is 0 Å². The first-order valence-electron chi connectivity index (χ1n) is 5.44. The number of nitrogens with two attached hydrogens (primary N) is 1. The predicted octanol–water partition coefficient (Wildman–Crippen LogP) is 0.847. The van der Waals surface area contributed by atoms with Gasteiger partial charge in [0.2, 0.25) is 10.0 Å². The predicted molar refractivity (Wildman–Crippen MR) is 66.9 cm³/mol. The summed E-state index contributed by atoms with van der Waals surface area (Å²) in [5.74, 6) is -0.605. The third kappa shape index (κ3) is 3.18. The van der Waals surface area contributed by atoms with Crippen LogP contribution in [0.25, 0.3) is 0 Å². The van der Waals surface area contributed by atoms with Crippen LogP contribution in [0.1, 0.15) is 20.3 Å². The normalized spacial score (nSPS) is 15.3. The maximum Gasteiger partial charge on any atom is 0.243 e. The Morgan fingerprint density at radius 3 is 2.56 bits per heavy atom. The number of anilines is 1. The van der Waals surface area contributed by atoms with Gasteiger partial charge in [-0.15, -0.1) is 0 Å². The van der Waals surface area contributed by atoms with Crippen LogP contribution in [0.15, 0.2) is 23.1 Å². The smallest absolute Gasteiger partial charge is 0.243 e. The van der Waals surface area contributed by atoms with E-state index >= 15 is 0 Å². The van der Waals surface area contributed by atoms with Crippen LogP contribution in [0.2, 0.25) is 0 Å². The molecule has 0 radical (unpaired) electrons. The first-order chi connectivity index (χ1) is 8.24. The molecule has 0 bridgehead atoms. The Hall–Kier alpha value is -1.18. The Balaban J connectivity index is 3.15. The lowest BCUT2D eigenvalue weighted by atomic mass is 10.0. The highest BCUT2D eigenvalue weighted by Crippen LogP contribution is 2.21. The van der Waals surface area contributed by atoms with Gasteiger partial charge in [0, 0.05) is 0 Å². The van der Waals surface area contributed by atoms with Crippen LogP contribution in [0.3, 0.4) is 0 Å². The molecule has 1 aromatic rings. The fourth-order valence-corrected chi connectivity index (χ4v) is 2.94. The fraction of sp³-hybridized carbons (Fsp3) is 0.455. The summed E-state index contributed by atoms with van der Waals surface area (Å²) in [7, 11) is -3.89. The largest absolute Gasteiger partial charge is 0.398 e. The molecule has 0 aliphatic heterocycles. The summed E-state index contributed by atoms with van der Waals surface area (Å²) in [6.07, 6.45) is 0.407. The number of rotatable bonds is 5. The highest BCUT2D eigenvalue weighted by Gasteiger charge is 2.29. The van der Waals surface area contributed by atoms with Crippen LogP contribution in [0.5, 0.6) is 0 Å². The zero-order valence-electron chi connectivity index (χ0n) is 10.3. The molecule has 1 rings (SSSR count). The van der Waals surface area contributed by atoms with E-state index in [0.29, 0.717) is 6.42 Å². The second-order valence-corrected chi connectivity index (χ2v) is 6.01. The van der Waals surface area contributed by atoms with Crippen molar-refractivity contribution < 1.29 is 17.9 Å². The van der Waals surface area contributed by atoms with Crippen molar-refractivity contribution in [2.75, 3.05) is 12.3 Å². The van der Waals surface area contributed by atoms with Gasteiger partial charge in [-0.2, -0.15) is 0 Å². The number of aliphatic hydroxyl groups excluding tert-OH is 1. The first kappa shape index (κ1) is 14.9. The first-order valence-corrected chi connectivity index (χ1v) is 6.92. The van der Waals surface area contributed by atoms with Crippen molar-refractivity contribution in [1.82, 2.24) is 4.72 Å². The zero-order valence-corrected chi connectivity index (χ0v) is 11.1. The molecule has 0 saturated carbocycles. The monoisotopic (exact) mass is 276 g/mol. The number of hydrogen-bond acceptors (Lipinski definition) is 4. The molecule has 0 aliphatic rings. The molecule has 0 aliphatic carbocycles. The van der Waals surface area contributed by atoms with E-state index in [1.807, 2.05) is 0 Å². The van der Waals surface area contributed by atoms with Crippen LogP contribution < -0.4 is 10.5 Å². The molecule has 0 aromatic heterocycles. The number of hydrogen-bond donors (Lipinski definition) is 3. The van der Waals surface area contributed by atoms with Gasteiger partial charge < -0.3 is 10.8 Å². The number of nitrogens with one attached hydrogen (secondary N) is 1. The van der Waals surface area contributed by atoms with Gasteiger partial charge >= 0.3 is 0 Å². The third-order valence-electron chi connectivity index (χ3n) is 2.77. The number of benzene rings is 1. The zero-order chi connectivity index (χ0) is 14.0. The van der Waals surface area contributed by atoms with Crippen molar-refractivity contribution in [3.8, 4) is 0 Å². The topological polar surface area (TPSA) is 92.4 Å². The molecule has 4 N–H and O–H groups in total. The Kier molecular flexibility index (Phi) is 4.31. The molecule has 0 saturated heterocycles. The van der Waals surface area contributed by atoms with E-state index in [1.54, 1.807) is 13.8 Å². The summed E-state index contributed by atoms with van der Waals surface area (Å²) in [5, 5.41) is 9.19. The molecule has 0 heterocycles. The average Bonchev–Trinajstić information content (AvgIpc) is 2.27. The molecule has 1 aromatic carbocycles. The van der Waals surface area contributed by atoms with Crippen molar-refractivity contribution in [3.63, 3.8) is 0 Å². The quantitative estimate of drug-likeness (QED) is 0.695. The van der Waals surface area contributed by atoms with Crippen molar-refractivity contribution in [2.24, 2.45) is 0 Å². The van der Waals surface area contributed by atoms with E-state index in [2.05, 4.69) is 4.72 Å². The van der Waals surface area contributed by atoms with Crippen LogP contribution in [0, 0.1) is 5.82 Å². The number of sulfonamides is 1. The summed E-state index contributed by atoms with van der Waals surface area (Å²) >= 11 is 0. The molecule has 1 unspecified atom stereocenters. The van der Waals surface area contributed by atoms with Gasteiger partial charge in [-0.05, 0) is 31.5 Å². The summed E-state index contributed by atoms with van der Waals surface area (Å²) in [6.45, 7) is 2.97. The van der Waals surface area contributed by atoms with Gasteiger partial charge in [-0.1, -0.05) is 6.92 Å². The molecular formula is C11H17FN2O3S. The molecule has 0 fully saturated rings.